The Morgan fingerprint density at radius 3 is 2.61 bits per heavy atom. The smallest absolute Gasteiger partial charge is 0.255 e. The minimum absolute atomic E-state index is 0.0971. The van der Waals surface area contributed by atoms with Crippen molar-refractivity contribution in [1.82, 2.24) is 10.2 Å². The summed E-state index contributed by atoms with van der Waals surface area (Å²) in [5, 5.41) is 2.85. The van der Waals surface area contributed by atoms with Gasteiger partial charge < -0.3 is 9.73 Å². The van der Waals surface area contributed by atoms with E-state index in [2.05, 4.69) is 10.2 Å². The van der Waals surface area contributed by atoms with Crippen LogP contribution in [0, 0.1) is 5.82 Å². The number of likely N-dealkylation sites (N-methyl/N-ethyl adjacent to an activating group) is 1. The van der Waals surface area contributed by atoms with E-state index in [-0.39, 0.29) is 16.6 Å². The first-order valence-electron chi connectivity index (χ1n) is 7.58. The predicted octanol–water partition coefficient (Wildman–Crippen LogP) is 3.89. The first-order valence-corrected chi connectivity index (χ1v) is 7.95. The number of hydrogen-bond donors (Lipinski definition) is 1. The third-order valence-electron chi connectivity index (χ3n) is 3.77. The summed E-state index contributed by atoms with van der Waals surface area (Å²) in [6.07, 6.45) is 1.60. The number of carbonyl (C=O) groups is 1. The number of amides is 1. The predicted molar refractivity (Wildman–Crippen MR) is 88.1 cm³/mol. The van der Waals surface area contributed by atoms with Crippen LogP contribution in [0.3, 0.4) is 0 Å². The molecule has 1 aromatic heterocycles. The maximum absolute atomic E-state index is 13.8. The van der Waals surface area contributed by atoms with Crippen molar-refractivity contribution in [3.8, 4) is 0 Å². The van der Waals surface area contributed by atoms with Crippen LogP contribution in [0.1, 0.15) is 36.0 Å². The van der Waals surface area contributed by atoms with E-state index >= 15 is 0 Å². The van der Waals surface area contributed by atoms with Crippen molar-refractivity contribution < 1.29 is 13.6 Å². The van der Waals surface area contributed by atoms with Gasteiger partial charge in [0.1, 0.15) is 11.6 Å². The topological polar surface area (TPSA) is 45.5 Å². The molecule has 0 radical (unpaired) electrons. The van der Waals surface area contributed by atoms with Crippen LogP contribution in [-0.2, 0) is 0 Å². The van der Waals surface area contributed by atoms with Gasteiger partial charge in [-0.2, -0.15) is 0 Å². The molecule has 1 amide bonds. The molecule has 23 heavy (non-hydrogen) atoms. The number of carbonyl (C=O) groups excluding carboxylic acids is 1. The standard InChI is InChI=1S/C17H20ClFN2O2/c1-3-21(4-2)14(15-9-6-10-23-15)11-20-17(22)16-12(18)7-5-8-13(16)19/h5-10,14H,3-4,11H2,1-2H3,(H,20,22)/t14-/m1/s1. The molecule has 0 fully saturated rings. The molecular formula is C17H20ClFN2O2. The fourth-order valence-corrected chi connectivity index (χ4v) is 2.80. The van der Waals surface area contributed by atoms with Crippen molar-refractivity contribution in [2.45, 2.75) is 19.9 Å². The van der Waals surface area contributed by atoms with Gasteiger partial charge in [0.15, 0.2) is 0 Å². The quantitative estimate of drug-likeness (QED) is 0.833. The van der Waals surface area contributed by atoms with Crippen LogP contribution in [0.5, 0.6) is 0 Å². The Morgan fingerprint density at radius 2 is 2.04 bits per heavy atom. The van der Waals surface area contributed by atoms with Crippen molar-refractivity contribution in [2.24, 2.45) is 0 Å². The van der Waals surface area contributed by atoms with Crippen LogP contribution >= 0.6 is 11.6 Å². The van der Waals surface area contributed by atoms with E-state index in [9.17, 15) is 9.18 Å². The average Bonchev–Trinajstić information content (AvgIpc) is 3.05. The summed E-state index contributed by atoms with van der Waals surface area (Å²) in [7, 11) is 0. The summed E-state index contributed by atoms with van der Waals surface area (Å²) in [5.41, 5.74) is -0.132. The Hall–Kier alpha value is -1.85. The van der Waals surface area contributed by atoms with Crippen LogP contribution in [0.25, 0.3) is 0 Å². The number of nitrogens with zero attached hydrogens (tertiary/aromatic N) is 1. The zero-order valence-corrected chi connectivity index (χ0v) is 13.9. The molecule has 0 saturated heterocycles. The summed E-state index contributed by atoms with van der Waals surface area (Å²) >= 11 is 5.93. The second kappa shape index (κ2) is 8.13. The van der Waals surface area contributed by atoms with Crippen molar-refractivity contribution in [3.05, 3.63) is 58.8 Å². The van der Waals surface area contributed by atoms with Crippen LogP contribution in [0.15, 0.2) is 41.0 Å². The van der Waals surface area contributed by atoms with E-state index < -0.39 is 11.7 Å². The molecule has 6 heteroatoms. The van der Waals surface area contributed by atoms with Gasteiger partial charge in [-0.3, -0.25) is 9.69 Å². The largest absolute Gasteiger partial charge is 0.468 e. The Bertz CT molecular complexity index is 622. The Morgan fingerprint density at radius 1 is 1.30 bits per heavy atom. The number of furan rings is 1. The number of halogens is 2. The Kier molecular flexibility index (Phi) is 6.19. The summed E-state index contributed by atoms with van der Waals surface area (Å²) in [6, 6.07) is 7.74. The molecule has 1 atom stereocenters. The lowest BCUT2D eigenvalue weighted by Crippen LogP contribution is -2.38. The van der Waals surface area contributed by atoms with Crippen LogP contribution in [-0.4, -0.2) is 30.4 Å². The van der Waals surface area contributed by atoms with Crippen molar-refractivity contribution in [1.29, 1.82) is 0 Å². The van der Waals surface area contributed by atoms with E-state index in [0.717, 1.165) is 18.8 Å². The van der Waals surface area contributed by atoms with E-state index in [0.29, 0.717) is 6.54 Å². The lowest BCUT2D eigenvalue weighted by Gasteiger charge is -2.28. The average molecular weight is 339 g/mol. The molecule has 2 rings (SSSR count). The number of hydrogen-bond acceptors (Lipinski definition) is 3. The normalized spacial score (nSPS) is 12.4. The SMILES string of the molecule is CCN(CC)[C@H](CNC(=O)c1c(F)cccc1Cl)c1ccco1. The highest BCUT2D eigenvalue weighted by Crippen LogP contribution is 2.22. The molecule has 2 aromatic rings. The summed E-state index contributed by atoms with van der Waals surface area (Å²) in [5.74, 6) is -0.405. The Balaban J connectivity index is 2.14. The summed E-state index contributed by atoms with van der Waals surface area (Å²) in [6.45, 7) is 5.99. The van der Waals surface area contributed by atoms with Crippen LogP contribution < -0.4 is 5.32 Å². The van der Waals surface area contributed by atoms with Gasteiger partial charge in [-0.1, -0.05) is 31.5 Å². The van der Waals surface area contributed by atoms with Gasteiger partial charge >= 0.3 is 0 Å². The van der Waals surface area contributed by atoms with Crippen LogP contribution in [0.4, 0.5) is 4.39 Å². The van der Waals surface area contributed by atoms with Gasteiger partial charge in [-0.05, 0) is 37.4 Å². The van der Waals surface area contributed by atoms with E-state index in [1.165, 1.54) is 18.2 Å². The number of benzene rings is 1. The monoisotopic (exact) mass is 338 g/mol. The van der Waals surface area contributed by atoms with Gasteiger partial charge in [-0.15, -0.1) is 0 Å². The first-order chi connectivity index (χ1) is 11.1. The molecule has 124 valence electrons. The fraction of sp³-hybridized carbons (Fsp3) is 0.353. The van der Waals surface area contributed by atoms with Gasteiger partial charge in [-0.25, -0.2) is 4.39 Å². The molecule has 0 aliphatic carbocycles. The lowest BCUT2D eigenvalue weighted by atomic mass is 10.1. The molecule has 1 N–H and O–H groups in total. The van der Waals surface area contributed by atoms with Gasteiger partial charge in [0, 0.05) is 6.54 Å². The van der Waals surface area contributed by atoms with Crippen molar-refractivity contribution in [2.75, 3.05) is 19.6 Å². The Labute approximate surface area is 140 Å². The zero-order valence-electron chi connectivity index (χ0n) is 13.2. The molecule has 0 aliphatic heterocycles. The molecule has 4 nitrogen and oxygen atoms in total. The third kappa shape index (κ3) is 4.12. The molecular weight excluding hydrogens is 319 g/mol. The minimum Gasteiger partial charge on any atom is -0.468 e. The highest BCUT2D eigenvalue weighted by Gasteiger charge is 2.23. The van der Waals surface area contributed by atoms with Crippen molar-refractivity contribution in [3.63, 3.8) is 0 Å². The molecule has 0 spiro atoms. The summed E-state index contributed by atoms with van der Waals surface area (Å²) < 4.78 is 19.3. The van der Waals surface area contributed by atoms with Crippen LogP contribution in [0.2, 0.25) is 5.02 Å². The van der Waals surface area contributed by atoms with Gasteiger partial charge in [0.05, 0.1) is 22.9 Å². The number of rotatable bonds is 7. The maximum atomic E-state index is 13.8. The molecule has 0 bridgehead atoms. The maximum Gasteiger partial charge on any atom is 0.255 e. The van der Waals surface area contributed by atoms with Crippen molar-refractivity contribution >= 4 is 17.5 Å². The molecule has 0 saturated carbocycles. The first kappa shape index (κ1) is 17.5. The highest BCUT2D eigenvalue weighted by molar-refractivity contribution is 6.33. The summed E-state index contributed by atoms with van der Waals surface area (Å²) in [4.78, 5) is 14.4. The van der Waals surface area contributed by atoms with E-state index in [4.69, 9.17) is 16.0 Å². The molecule has 0 aliphatic rings. The highest BCUT2D eigenvalue weighted by atomic mass is 35.5. The minimum atomic E-state index is -0.632. The van der Waals surface area contributed by atoms with Gasteiger partial charge in [0.25, 0.3) is 5.91 Å². The molecule has 1 heterocycles. The second-order valence-corrected chi connectivity index (χ2v) is 5.47. The third-order valence-corrected chi connectivity index (χ3v) is 4.09. The van der Waals surface area contributed by atoms with E-state index in [1.807, 2.05) is 19.9 Å². The lowest BCUT2D eigenvalue weighted by molar-refractivity contribution is 0.0926. The fourth-order valence-electron chi connectivity index (χ4n) is 2.55. The molecule has 0 unspecified atom stereocenters. The number of nitrogens with one attached hydrogen (secondary N) is 1. The van der Waals surface area contributed by atoms with E-state index in [1.54, 1.807) is 12.3 Å². The molecule has 1 aromatic carbocycles. The van der Waals surface area contributed by atoms with Gasteiger partial charge in [0.2, 0.25) is 0 Å². The zero-order chi connectivity index (χ0) is 16.8. The second-order valence-electron chi connectivity index (χ2n) is 5.06.